The predicted octanol–water partition coefficient (Wildman–Crippen LogP) is 5.27. The summed E-state index contributed by atoms with van der Waals surface area (Å²) in [6.45, 7) is 1.74. The summed E-state index contributed by atoms with van der Waals surface area (Å²) in [5, 5.41) is 0.443. The number of hydrogen-bond acceptors (Lipinski definition) is 0. The van der Waals surface area contributed by atoms with Gasteiger partial charge in [0.05, 0.1) is 4.83 Å². The summed E-state index contributed by atoms with van der Waals surface area (Å²) in [7, 11) is 0. The third kappa shape index (κ3) is 2.70. The van der Waals surface area contributed by atoms with Gasteiger partial charge in [-0.15, -0.1) is 0 Å². The van der Waals surface area contributed by atoms with E-state index in [1.807, 2.05) is 30.3 Å². The second-order valence-electron chi connectivity index (χ2n) is 3.90. The molecule has 88 valence electrons. The van der Waals surface area contributed by atoms with Gasteiger partial charge in [0.25, 0.3) is 0 Å². The second kappa shape index (κ2) is 5.19. The molecule has 2 rings (SSSR count). The molecule has 17 heavy (non-hydrogen) atoms. The number of benzene rings is 2. The lowest BCUT2D eigenvalue weighted by molar-refractivity contribution is 0.618. The maximum absolute atomic E-state index is 13.3. The van der Waals surface area contributed by atoms with E-state index in [9.17, 15) is 4.39 Å². The van der Waals surface area contributed by atoms with Crippen molar-refractivity contribution in [2.75, 3.05) is 0 Å². The molecule has 2 aromatic rings. The van der Waals surface area contributed by atoms with Crippen molar-refractivity contribution in [3.63, 3.8) is 0 Å². The molecule has 0 fully saturated rings. The normalized spacial score (nSPS) is 12.5. The molecule has 3 heteroatoms. The molecule has 0 nitrogen and oxygen atoms in total. The number of alkyl halides is 1. The topological polar surface area (TPSA) is 0 Å². The fraction of sp³-hybridized carbons (Fsp3) is 0.143. The maximum atomic E-state index is 13.3. The molecule has 0 N–H and O–H groups in total. The number of aryl methyl sites for hydroxylation is 1. The first-order valence-electron chi connectivity index (χ1n) is 5.24. The van der Waals surface area contributed by atoms with Crippen LogP contribution in [0.4, 0.5) is 4.39 Å². The molecule has 0 aliphatic carbocycles. The van der Waals surface area contributed by atoms with Crippen molar-refractivity contribution in [3.05, 3.63) is 70.0 Å². The van der Waals surface area contributed by atoms with Gasteiger partial charge in [-0.1, -0.05) is 63.9 Å². The van der Waals surface area contributed by atoms with Gasteiger partial charge < -0.3 is 0 Å². The summed E-state index contributed by atoms with van der Waals surface area (Å²) >= 11 is 9.67. The molecule has 0 bridgehead atoms. The zero-order valence-corrected chi connectivity index (χ0v) is 11.6. The zero-order chi connectivity index (χ0) is 12.4. The van der Waals surface area contributed by atoms with E-state index in [0.29, 0.717) is 10.6 Å². The first-order chi connectivity index (χ1) is 8.09. The lowest BCUT2D eigenvalue weighted by Gasteiger charge is -2.13. The van der Waals surface area contributed by atoms with Crippen LogP contribution in [0.15, 0.2) is 42.5 Å². The van der Waals surface area contributed by atoms with Gasteiger partial charge >= 0.3 is 0 Å². The zero-order valence-electron chi connectivity index (χ0n) is 9.25. The smallest absolute Gasteiger partial charge is 0.127 e. The Morgan fingerprint density at radius 2 is 1.82 bits per heavy atom. The lowest BCUT2D eigenvalue weighted by Crippen LogP contribution is -1.96. The molecule has 0 spiro atoms. The molecule has 0 saturated heterocycles. The van der Waals surface area contributed by atoms with Crippen molar-refractivity contribution in [2.24, 2.45) is 0 Å². The van der Waals surface area contributed by atoms with Crippen molar-refractivity contribution < 1.29 is 4.39 Å². The van der Waals surface area contributed by atoms with Gasteiger partial charge in [-0.2, -0.15) is 0 Å². The van der Waals surface area contributed by atoms with Gasteiger partial charge in [-0.05, 0) is 29.7 Å². The van der Waals surface area contributed by atoms with Gasteiger partial charge in [0.1, 0.15) is 5.82 Å². The van der Waals surface area contributed by atoms with Crippen LogP contribution in [-0.4, -0.2) is 0 Å². The Balaban J connectivity index is 2.44. The maximum Gasteiger partial charge on any atom is 0.127 e. The molecule has 0 aliphatic rings. The number of halogens is 3. The molecule has 0 radical (unpaired) electrons. The van der Waals surface area contributed by atoms with E-state index in [4.69, 9.17) is 11.6 Å². The van der Waals surface area contributed by atoms with Crippen molar-refractivity contribution in [1.29, 1.82) is 0 Å². The Kier molecular flexibility index (Phi) is 3.85. The highest BCUT2D eigenvalue weighted by molar-refractivity contribution is 9.09. The quantitative estimate of drug-likeness (QED) is 0.662. The Labute approximate surface area is 114 Å². The van der Waals surface area contributed by atoms with E-state index in [0.717, 1.165) is 11.1 Å². The van der Waals surface area contributed by atoms with Crippen LogP contribution in [0.1, 0.15) is 21.5 Å². The highest BCUT2D eigenvalue weighted by atomic mass is 79.9. The van der Waals surface area contributed by atoms with E-state index in [1.54, 1.807) is 13.0 Å². The van der Waals surface area contributed by atoms with Crippen LogP contribution in [0, 0.1) is 12.7 Å². The average Bonchev–Trinajstić information content (AvgIpc) is 2.34. The van der Waals surface area contributed by atoms with Crippen LogP contribution >= 0.6 is 27.5 Å². The summed E-state index contributed by atoms with van der Waals surface area (Å²) in [5.41, 5.74) is 2.59. The summed E-state index contributed by atoms with van der Waals surface area (Å²) in [4.78, 5) is -0.0181. The van der Waals surface area contributed by atoms with E-state index in [2.05, 4.69) is 15.9 Å². The van der Waals surface area contributed by atoms with E-state index in [1.165, 1.54) is 6.07 Å². The van der Waals surface area contributed by atoms with Crippen molar-refractivity contribution in [3.8, 4) is 0 Å². The highest BCUT2D eigenvalue weighted by Gasteiger charge is 2.15. The summed E-state index contributed by atoms with van der Waals surface area (Å²) in [6, 6.07) is 13.1. The lowest BCUT2D eigenvalue weighted by atomic mass is 10.0. The first-order valence-corrected chi connectivity index (χ1v) is 6.53. The fourth-order valence-electron chi connectivity index (χ4n) is 1.68. The van der Waals surface area contributed by atoms with Crippen molar-refractivity contribution >= 4 is 27.5 Å². The van der Waals surface area contributed by atoms with Gasteiger partial charge in [0, 0.05) is 5.02 Å². The molecule has 1 unspecified atom stereocenters. The van der Waals surface area contributed by atoms with Crippen LogP contribution < -0.4 is 0 Å². The SMILES string of the molecule is Cc1cc(C(Br)c2ccccc2)c(Cl)cc1F. The van der Waals surface area contributed by atoms with Crippen LogP contribution in [0.2, 0.25) is 5.02 Å². The molecular formula is C14H11BrClF. The van der Waals surface area contributed by atoms with Crippen molar-refractivity contribution in [2.45, 2.75) is 11.8 Å². The number of hydrogen-bond donors (Lipinski definition) is 0. The minimum absolute atomic E-state index is 0.0181. The van der Waals surface area contributed by atoms with Gasteiger partial charge in [0.15, 0.2) is 0 Å². The third-order valence-corrected chi connectivity index (χ3v) is 3.99. The standard InChI is InChI=1S/C14H11BrClF/c1-9-7-11(12(16)8-13(9)17)14(15)10-5-3-2-4-6-10/h2-8,14H,1H3. The highest BCUT2D eigenvalue weighted by Crippen LogP contribution is 2.36. The minimum Gasteiger partial charge on any atom is -0.207 e. The third-order valence-electron chi connectivity index (χ3n) is 2.64. The van der Waals surface area contributed by atoms with Gasteiger partial charge in [-0.25, -0.2) is 4.39 Å². The Bertz CT molecular complexity index is 525. The molecule has 0 amide bonds. The minimum atomic E-state index is -0.272. The van der Waals surface area contributed by atoms with Gasteiger partial charge in [0.2, 0.25) is 0 Å². The van der Waals surface area contributed by atoms with E-state index in [-0.39, 0.29) is 10.6 Å². The molecule has 0 aromatic heterocycles. The molecule has 0 aliphatic heterocycles. The van der Waals surface area contributed by atoms with E-state index >= 15 is 0 Å². The number of rotatable bonds is 2. The van der Waals surface area contributed by atoms with E-state index < -0.39 is 0 Å². The van der Waals surface area contributed by atoms with Crippen LogP contribution in [0.3, 0.4) is 0 Å². The summed E-state index contributed by atoms with van der Waals surface area (Å²) < 4.78 is 13.3. The Hall–Kier alpha value is -0.860. The largest absolute Gasteiger partial charge is 0.207 e. The van der Waals surface area contributed by atoms with Crippen molar-refractivity contribution in [1.82, 2.24) is 0 Å². The molecule has 0 heterocycles. The second-order valence-corrected chi connectivity index (χ2v) is 5.22. The Morgan fingerprint density at radius 1 is 1.18 bits per heavy atom. The summed E-state index contributed by atoms with van der Waals surface area (Å²) in [6.07, 6.45) is 0. The average molecular weight is 314 g/mol. The first kappa shape index (κ1) is 12.6. The summed E-state index contributed by atoms with van der Waals surface area (Å²) in [5.74, 6) is -0.272. The molecular weight excluding hydrogens is 303 g/mol. The van der Waals surface area contributed by atoms with Crippen LogP contribution in [-0.2, 0) is 0 Å². The van der Waals surface area contributed by atoms with Crippen LogP contribution in [0.5, 0.6) is 0 Å². The Morgan fingerprint density at radius 3 is 2.47 bits per heavy atom. The monoisotopic (exact) mass is 312 g/mol. The molecule has 2 aromatic carbocycles. The molecule has 0 saturated carbocycles. The molecule has 1 atom stereocenters. The predicted molar refractivity (Wildman–Crippen MR) is 73.4 cm³/mol. The van der Waals surface area contributed by atoms with Gasteiger partial charge in [-0.3, -0.25) is 0 Å². The van der Waals surface area contributed by atoms with Crippen LogP contribution in [0.25, 0.3) is 0 Å². The fourth-order valence-corrected chi connectivity index (χ4v) is 2.75.